The van der Waals surface area contributed by atoms with Gasteiger partial charge in [0.25, 0.3) is 0 Å². The first-order valence-electron chi connectivity index (χ1n) is 11.0. The number of hydrogen-bond donors (Lipinski definition) is 0. The quantitative estimate of drug-likeness (QED) is 0.576. The molecule has 0 radical (unpaired) electrons. The molecule has 2 saturated heterocycles. The van der Waals surface area contributed by atoms with Gasteiger partial charge in [0.15, 0.2) is 0 Å². The highest BCUT2D eigenvalue weighted by Crippen LogP contribution is 2.13. The van der Waals surface area contributed by atoms with Crippen LogP contribution in [0.3, 0.4) is 0 Å². The normalized spacial score (nSPS) is 23.5. The minimum Gasteiger partial charge on any atom is -0.378 e. The van der Waals surface area contributed by atoms with Gasteiger partial charge in [-0.15, -0.1) is 0 Å². The fourth-order valence-electron chi connectivity index (χ4n) is 4.18. The molecule has 0 aromatic rings. The molecule has 0 aromatic heterocycles. The standard InChI is InChI=1S/C21H42N2Si/c1-24(20-12-18-22-14-8-4-2-5-9-15-22)21-13-19-23-16-10-6-3-7-11-17-23/h12,18,24H,2-11,13-17,19-21H2,1H3. The first kappa shape index (κ1) is 20.0. The molecular formula is C21H42N2Si. The average molecular weight is 351 g/mol. The van der Waals surface area contributed by atoms with Crippen molar-refractivity contribution in [2.75, 3.05) is 32.7 Å². The third kappa shape index (κ3) is 9.27. The Labute approximate surface area is 153 Å². The van der Waals surface area contributed by atoms with Crippen molar-refractivity contribution in [2.45, 2.75) is 89.3 Å². The molecule has 0 amide bonds. The van der Waals surface area contributed by atoms with Crippen molar-refractivity contribution in [3.8, 4) is 0 Å². The molecule has 2 aliphatic heterocycles. The maximum absolute atomic E-state index is 2.75. The van der Waals surface area contributed by atoms with E-state index < -0.39 is 8.80 Å². The largest absolute Gasteiger partial charge is 0.378 e. The molecule has 0 saturated carbocycles. The van der Waals surface area contributed by atoms with Crippen LogP contribution in [0.1, 0.15) is 70.6 Å². The molecule has 0 spiro atoms. The SMILES string of the molecule is C[SiH](CC=CN1CCCCCCC1)CCCN1CCCCCCC1. The lowest BCUT2D eigenvalue weighted by atomic mass is 10.1. The van der Waals surface area contributed by atoms with E-state index in [1.165, 1.54) is 115 Å². The van der Waals surface area contributed by atoms with Gasteiger partial charge in [-0.25, -0.2) is 0 Å². The van der Waals surface area contributed by atoms with Gasteiger partial charge in [-0.1, -0.05) is 57.2 Å². The molecule has 1 atom stereocenters. The summed E-state index contributed by atoms with van der Waals surface area (Å²) in [6, 6.07) is 2.93. The Morgan fingerprint density at radius 1 is 0.750 bits per heavy atom. The minimum absolute atomic E-state index is 0.526. The predicted molar refractivity (Wildman–Crippen MR) is 111 cm³/mol. The van der Waals surface area contributed by atoms with Crippen LogP contribution in [0.4, 0.5) is 0 Å². The number of likely N-dealkylation sites (tertiary alicyclic amines) is 2. The summed E-state index contributed by atoms with van der Waals surface area (Å²) < 4.78 is 0. The van der Waals surface area contributed by atoms with Crippen molar-refractivity contribution < 1.29 is 0 Å². The molecule has 0 N–H and O–H groups in total. The Balaban J connectivity index is 1.55. The minimum atomic E-state index is -0.526. The summed E-state index contributed by atoms with van der Waals surface area (Å²) in [6.45, 7) is 9.26. The third-order valence-corrected chi connectivity index (χ3v) is 8.34. The van der Waals surface area contributed by atoms with Gasteiger partial charge in [-0.2, -0.15) is 0 Å². The second-order valence-corrected chi connectivity index (χ2v) is 11.5. The summed E-state index contributed by atoms with van der Waals surface area (Å²) in [5.74, 6) is 0. The van der Waals surface area contributed by atoms with E-state index in [9.17, 15) is 0 Å². The molecule has 1 unspecified atom stereocenters. The summed E-state index contributed by atoms with van der Waals surface area (Å²) in [5.41, 5.74) is 0. The third-order valence-electron chi connectivity index (χ3n) is 5.87. The molecule has 2 heterocycles. The van der Waals surface area contributed by atoms with Crippen LogP contribution in [0.2, 0.25) is 18.6 Å². The first-order valence-corrected chi connectivity index (χ1v) is 13.8. The maximum Gasteiger partial charge on any atom is 0.0376 e. The molecule has 140 valence electrons. The van der Waals surface area contributed by atoms with Gasteiger partial charge < -0.3 is 9.80 Å². The smallest absolute Gasteiger partial charge is 0.0376 e. The van der Waals surface area contributed by atoms with Crippen LogP contribution in [0.15, 0.2) is 12.3 Å². The molecule has 2 aliphatic rings. The molecule has 2 rings (SSSR count). The summed E-state index contributed by atoms with van der Waals surface area (Å²) in [4.78, 5) is 5.33. The fraction of sp³-hybridized carbons (Fsp3) is 0.905. The van der Waals surface area contributed by atoms with Gasteiger partial charge in [0.2, 0.25) is 0 Å². The van der Waals surface area contributed by atoms with Crippen LogP contribution < -0.4 is 0 Å². The fourth-order valence-corrected chi connectivity index (χ4v) is 5.88. The van der Waals surface area contributed by atoms with Crippen molar-refractivity contribution in [1.29, 1.82) is 0 Å². The van der Waals surface area contributed by atoms with E-state index in [-0.39, 0.29) is 0 Å². The zero-order chi connectivity index (χ0) is 16.9. The van der Waals surface area contributed by atoms with E-state index in [4.69, 9.17) is 0 Å². The monoisotopic (exact) mass is 350 g/mol. The van der Waals surface area contributed by atoms with Gasteiger partial charge in [0.1, 0.15) is 0 Å². The summed E-state index contributed by atoms with van der Waals surface area (Å²) in [5, 5.41) is 0. The van der Waals surface area contributed by atoms with Crippen molar-refractivity contribution >= 4 is 8.80 Å². The van der Waals surface area contributed by atoms with E-state index in [2.05, 4.69) is 28.6 Å². The Hall–Kier alpha value is -0.283. The van der Waals surface area contributed by atoms with Crippen LogP contribution in [0.5, 0.6) is 0 Å². The van der Waals surface area contributed by atoms with E-state index >= 15 is 0 Å². The van der Waals surface area contributed by atoms with E-state index in [0.29, 0.717) is 0 Å². The molecule has 2 fully saturated rings. The Bertz CT molecular complexity index is 316. The van der Waals surface area contributed by atoms with Gasteiger partial charge in [-0.3, -0.25) is 0 Å². The number of nitrogens with zero attached hydrogens (tertiary/aromatic N) is 2. The van der Waals surface area contributed by atoms with E-state index in [0.717, 1.165) is 0 Å². The molecule has 0 aliphatic carbocycles. The highest BCUT2D eigenvalue weighted by molar-refractivity contribution is 6.57. The van der Waals surface area contributed by atoms with Crippen molar-refractivity contribution in [3.63, 3.8) is 0 Å². The van der Waals surface area contributed by atoms with Crippen LogP contribution in [0, 0.1) is 0 Å². The zero-order valence-corrected chi connectivity index (χ0v) is 17.5. The topological polar surface area (TPSA) is 6.48 Å². The number of rotatable bonds is 7. The van der Waals surface area contributed by atoms with Gasteiger partial charge in [-0.05, 0) is 64.0 Å². The lowest BCUT2D eigenvalue weighted by molar-refractivity contribution is 0.248. The summed E-state index contributed by atoms with van der Waals surface area (Å²) >= 11 is 0. The average Bonchev–Trinajstić information content (AvgIpc) is 2.51. The van der Waals surface area contributed by atoms with Gasteiger partial charge >= 0.3 is 0 Å². The molecule has 3 heteroatoms. The first-order chi connectivity index (χ1) is 11.8. The number of allylic oxidation sites excluding steroid dienone is 1. The van der Waals surface area contributed by atoms with Crippen molar-refractivity contribution in [3.05, 3.63) is 12.3 Å². The van der Waals surface area contributed by atoms with Crippen molar-refractivity contribution in [1.82, 2.24) is 9.80 Å². The molecule has 24 heavy (non-hydrogen) atoms. The molecule has 0 aromatic carbocycles. The van der Waals surface area contributed by atoms with Crippen LogP contribution >= 0.6 is 0 Å². The Morgan fingerprint density at radius 2 is 1.29 bits per heavy atom. The van der Waals surface area contributed by atoms with Crippen molar-refractivity contribution in [2.24, 2.45) is 0 Å². The zero-order valence-electron chi connectivity index (χ0n) is 16.4. The Kier molecular flexibility index (Phi) is 10.8. The van der Waals surface area contributed by atoms with Crippen LogP contribution in [-0.2, 0) is 0 Å². The van der Waals surface area contributed by atoms with Crippen LogP contribution in [0.25, 0.3) is 0 Å². The second-order valence-electron chi connectivity index (χ2n) is 8.28. The molecule has 2 nitrogen and oxygen atoms in total. The van der Waals surface area contributed by atoms with E-state index in [1.54, 1.807) is 0 Å². The highest BCUT2D eigenvalue weighted by Gasteiger charge is 2.09. The summed E-state index contributed by atoms with van der Waals surface area (Å²) in [7, 11) is -0.526. The van der Waals surface area contributed by atoms with Crippen LogP contribution in [-0.4, -0.2) is 51.3 Å². The maximum atomic E-state index is 2.75. The molecular weight excluding hydrogens is 308 g/mol. The van der Waals surface area contributed by atoms with Gasteiger partial charge in [0, 0.05) is 21.9 Å². The Morgan fingerprint density at radius 3 is 1.92 bits per heavy atom. The van der Waals surface area contributed by atoms with Gasteiger partial charge in [0.05, 0.1) is 0 Å². The highest BCUT2D eigenvalue weighted by atomic mass is 28.3. The number of hydrogen-bond acceptors (Lipinski definition) is 2. The lowest BCUT2D eigenvalue weighted by Gasteiger charge is -2.25. The van der Waals surface area contributed by atoms with E-state index in [1.807, 2.05) is 0 Å². The summed E-state index contributed by atoms with van der Waals surface area (Å²) in [6.07, 6.45) is 20.8. The predicted octanol–water partition coefficient (Wildman–Crippen LogP) is 5.28. The second kappa shape index (κ2) is 13.0. The molecule has 0 bridgehead atoms. The lowest BCUT2D eigenvalue weighted by Crippen LogP contribution is -2.28.